The molecule has 0 saturated heterocycles. The second-order valence-electron chi connectivity index (χ2n) is 9.05. The Morgan fingerprint density at radius 3 is 2.69 bits per heavy atom. The van der Waals surface area contributed by atoms with Crippen LogP contribution in [-0.4, -0.2) is 45.2 Å². The van der Waals surface area contributed by atoms with Crippen LogP contribution in [0.3, 0.4) is 0 Å². The summed E-state index contributed by atoms with van der Waals surface area (Å²) in [5, 5.41) is 3.14. The van der Waals surface area contributed by atoms with Crippen LogP contribution in [0.15, 0.2) is 60.7 Å². The van der Waals surface area contributed by atoms with Crippen molar-refractivity contribution < 1.29 is 28.2 Å². The Balaban J connectivity index is 1.67. The minimum absolute atomic E-state index is 0.0163. The molecule has 0 aliphatic carbocycles. The number of fused-ring (bicyclic) bond motifs is 1. The van der Waals surface area contributed by atoms with Crippen LogP contribution < -0.4 is 25.4 Å². The van der Waals surface area contributed by atoms with Gasteiger partial charge in [-0.3, -0.25) is 9.59 Å². The van der Waals surface area contributed by atoms with Gasteiger partial charge in [-0.05, 0) is 43.3 Å². The van der Waals surface area contributed by atoms with Crippen molar-refractivity contribution in [1.29, 1.82) is 0 Å². The summed E-state index contributed by atoms with van der Waals surface area (Å²) in [6.45, 7) is 0.864. The van der Waals surface area contributed by atoms with Crippen molar-refractivity contribution in [3.05, 3.63) is 88.2 Å². The molecule has 10 heteroatoms. The van der Waals surface area contributed by atoms with Crippen LogP contribution in [-0.2, 0) is 20.9 Å². The maximum absolute atomic E-state index is 14.0. The second-order valence-corrected chi connectivity index (χ2v) is 9.48. The summed E-state index contributed by atoms with van der Waals surface area (Å²) in [7, 11) is 3.14. The Bertz CT molecular complexity index is 1340. The van der Waals surface area contributed by atoms with E-state index in [0.717, 1.165) is 0 Å². The van der Waals surface area contributed by atoms with Crippen LogP contribution in [0.2, 0.25) is 5.02 Å². The molecule has 0 spiro atoms. The number of rotatable bonds is 10. The smallest absolute Gasteiger partial charge is 0.256 e. The lowest BCUT2D eigenvalue weighted by atomic mass is 9.98. The third-order valence-electron chi connectivity index (χ3n) is 6.45. The zero-order valence-corrected chi connectivity index (χ0v) is 22.5. The average molecular weight is 556 g/mol. The summed E-state index contributed by atoms with van der Waals surface area (Å²) >= 11 is 6.37. The normalized spacial score (nSPS) is 16.8. The molecule has 3 N–H and O–H groups in total. The highest BCUT2D eigenvalue weighted by molar-refractivity contribution is 6.30. The maximum atomic E-state index is 14.0. The van der Waals surface area contributed by atoms with Crippen molar-refractivity contribution in [2.24, 2.45) is 5.73 Å². The molecule has 0 aromatic heterocycles. The molecular formula is C29H31ClFN3O5. The van der Waals surface area contributed by atoms with E-state index in [1.807, 2.05) is 6.07 Å². The third kappa shape index (κ3) is 6.50. The molecule has 0 radical (unpaired) electrons. The standard InChI is InChI=1S/C29H31ClFN3O5/c1-34-23-12-11-19(30)15-21(23)27(20-8-5-10-24(28(20)37-2)38-14-6-13-32)39-25(29(34)36)16-26(35)33-17-18-7-3-4-9-22(18)31/h3-5,7-12,15,25,27H,6,13-14,16-17,32H2,1-2H3,(H,33,35)/t25-,27-/m1/s1. The lowest BCUT2D eigenvalue weighted by Gasteiger charge is -2.24. The summed E-state index contributed by atoms with van der Waals surface area (Å²) in [4.78, 5) is 27.8. The van der Waals surface area contributed by atoms with Crippen molar-refractivity contribution in [2.75, 3.05) is 32.2 Å². The Morgan fingerprint density at radius 1 is 1.15 bits per heavy atom. The molecule has 2 amide bonds. The number of nitrogens with zero attached hydrogens (tertiary/aromatic N) is 1. The van der Waals surface area contributed by atoms with Gasteiger partial charge in [-0.1, -0.05) is 41.9 Å². The number of para-hydroxylation sites is 1. The second kappa shape index (κ2) is 12.9. The van der Waals surface area contributed by atoms with Gasteiger partial charge in [-0.2, -0.15) is 0 Å². The highest BCUT2D eigenvalue weighted by atomic mass is 35.5. The first-order valence-electron chi connectivity index (χ1n) is 12.6. The summed E-state index contributed by atoms with van der Waals surface area (Å²) in [6.07, 6.45) is -1.57. The number of likely N-dealkylation sites (N-methyl/N-ethyl adjacent to an activating group) is 1. The van der Waals surface area contributed by atoms with Crippen LogP contribution >= 0.6 is 11.6 Å². The van der Waals surface area contributed by atoms with E-state index in [9.17, 15) is 14.0 Å². The van der Waals surface area contributed by atoms with Gasteiger partial charge in [0, 0.05) is 41.0 Å². The van der Waals surface area contributed by atoms with Gasteiger partial charge in [-0.15, -0.1) is 0 Å². The van der Waals surface area contributed by atoms with Crippen LogP contribution in [0.1, 0.15) is 35.6 Å². The molecule has 0 fully saturated rings. The third-order valence-corrected chi connectivity index (χ3v) is 6.68. The monoisotopic (exact) mass is 555 g/mol. The molecular weight excluding hydrogens is 525 g/mol. The molecule has 1 aliphatic heterocycles. The Labute approximate surface area is 231 Å². The van der Waals surface area contributed by atoms with Gasteiger partial charge in [-0.25, -0.2) is 4.39 Å². The van der Waals surface area contributed by atoms with Gasteiger partial charge >= 0.3 is 0 Å². The Hall–Kier alpha value is -3.66. The molecule has 4 rings (SSSR count). The van der Waals surface area contributed by atoms with E-state index in [-0.39, 0.29) is 13.0 Å². The number of halogens is 2. The Kier molecular flexibility index (Phi) is 9.40. The molecule has 2 atom stereocenters. The average Bonchev–Trinajstić information content (AvgIpc) is 3.03. The van der Waals surface area contributed by atoms with Crippen molar-refractivity contribution >= 4 is 29.1 Å². The van der Waals surface area contributed by atoms with Crippen LogP contribution in [0.5, 0.6) is 11.5 Å². The van der Waals surface area contributed by atoms with E-state index in [0.29, 0.717) is 58.5 Å². The van der Waals surface area contributed by atoms with Crippen LogP contribution in [0, 0.1) is 5.82 Å². The van der Waals surface area contributed by atoms with E-state index in [1.165, 1.54) is 18.1 Å². The number of amides is 2. The first-order chi connectivity index (χ1) is 18.8. The van der Waals surface area contributed by atoms with Crippen LogP contribution in [0.4, 0.5) is 10.1 Å². The number of nitrogens with two attached hydrogens (primary N) is 1. The van der Waals surface area contributed by atoms with Crippen molar-refractivity contribution in [1.82, 2.24) is 5.32 Å². The number of hydrogen-bond acceptors (Lipinski definition) is 6. The maximum Gasteiger partial charge on any atom is 0.256 e. The molecule has 0 saturated carbocycles. The van der Waals surface area contributed by atoms with Gasteiger partial charge < -0.3 is 30.2 Å². The predicted molar refractivity (Wildman–Crippen MR) is 147 cm³/mol. The highest BCUT2D eigenvalue weighted by Gasteiger charge is 2.37. The Morgan fingerprint density at radius 2 is 1.95 bits per heavy atom. The number of hydrogen-bond donors (Lipinski definition) is 2. The lowest BCUT2D eigenvalue weighted by molar-refractivity contribution is -0.137. The number of carbonyl (C=O) groups excluding carboxylic acids is 2. The zero-order valence-electron chi connectivity index (χ0n) is 21.8. The fourth-order valence-electron chi connectivity index (χ4n) is 4.46. The first kappa shape index (κ1) is 28.4. The summed E-state index contributed by atoms with van der Waals surface area (Å²) in [6, 6.07) is 16.7. The number of carbonyl (C=O) groups is 2. The van der Waals surface area contributed by atoms with E-state index in [1.54, 1.807) is 55.6 Å². The molecule has 39 heavy (non-hydrogen) atoms. The first-order valence-corrected chi connectivity index (χ1v) is 12.9. The highest BCUT2D eigenvalue weighted by Crippen LogP contribution is 2.44. The van der Waals surface area contributed by atoms with E-state index < -0.39 is 29.8 Å². The van der Waals surface area contributed by atoms with Gasteiger partial charge in [0.1, 0.15) is 18.0 Å². The van der Waals surface area contributed by atoms with Crippen LogP contribution in [0.25, 0.3) is 0 Å². The fraction of sp³-hybridized carbons (Fsp3) is 0.310. The van der Waals surface area contributed by atoms with E-state index in [2.05, 4.69) is 5.32 Å². The predicted octanol–water partition coefficient (Wildman–Crippen LogP) is 4.37. The number of methoxy groups -OCH3 is 1. The van der Waals surface area contributed by atoms with Crippen molar-refractivity contribution in [2.45, 2.75) is 31.6 Å². The minimum Gasteiger partial charge on any atom is -0.492 e. The number of ether oxygens (including phenoxy) is 3. The van der Waals surface area contributed by atoms with Gasteiger partial charge in [0.2, 0.25) is 5.91 Å². The SMILES string of the molecule is COc1c(OCCCN)cccc1[C@H]1O[C@H](CC(=O)NCc2ccccc2F)C(=O)N(C)c2ccc(Cl)cc21. The molecule has 0 bridgehead atoms. The largest absolute Gasteiger partial charge is 0.492 e. The van der Waals surface area contributed by atoms with Gasteiger partial charge in [0.15, 0.2) is 11.5 Å². The molecule has 1 aliphatic rings. The molecule has 3 aromatic carbocycles. The number of nitrogens with one attached hydrogen (secondary N) is 1. The fourth-order valence-corrected chi connectivity index (χ4v) is 4.64. The zero-order chi connectivity index (χ0) is 27.9. The quantitative estimate of drug-likeness (QED) is 0.360. The van der Waals surface area contributed by atoms with Gasteiger partial charge in [0.25, 0.3) is 5.91 Å². The molecule has 0 unspecified atom stereocenters. The van der Waals surface area contributed by atoms with E-state index >= 15 is 0 Å². The lowest BCUT2D eigenvalue weighted by Crippen LogP contribution is -2.40. The molecule has 8 nitrogen and oxygen atoms in total. The molecule has 206 valence electrons. The molecule has 3 aromatic rings. The van der Waals surface area contributed by atoms with Crippen molar-refractivity contribution in [3.8, 4) is 11.5 Å². The summed E-state index contributed by atoms with van der Waals surface area (Å²) in [5.41, 5.74) is 7.76. The molecule has 1 heterocycles. The van der Waals surface area contributed by atoms with E-state index in [4.69, 9.17) is 31.5 Å². The topological polar surface area (TPSA) is 103 Å². The number of benzene rings is 3. The van der Waals surface area contributed by atoms with Gasteiger partial charge in [0.05, 0.1) is 20.1 Å². The minimum atomic E-state index is -1.14. The van der Waals surface area contributed by atoms with Crippen molar-refractivity contribution in [3.63, 3.8) is 0 Å². The number of anilines is 1. The summed E-state index contributed by atoms with van der Waals surface area (Å²) < 4.78 is 32.0. The summed E-state index contributed by atoms with van der Waals surface area (Å²) in [5.74, 6) is -0.355.